The van der Waals surface area contributed by atoms with Crippen LogP contribution in [-0.2, 0) is 4.79 Å². The number of hydrogen-bond acceptors (Lipinski definition) is 4. The van der Waals surface area contributed by atoms with Crippen molar-refractivity contribution < 1.29 is 14.3 Å². The van der Waals surface area contributed by atoms with Crippen molar-refractivity contribution in [3.8, 4) is 5.75 Å². The van der Waals surface area contributed by atoms with Gasteiger partial charge in [0, 0.05) is 32.1 Å². The van der Waals surface area contributed by atoms with Gasteiger partial charge in [-0.2, -0.15) is 5.10 Å². The molecule has 1 aromatic heterocycles. The van der Waals surface area contributed by atoms with Crippen LogP contribution in [0.4, 0.5) is 0 Å². The van der Waals surface area contributed by atoms with E-state index in [0.717, 1.165) is 12.8 Å². The zero-order chi connectivity index (χ0) is 17.6. The summed E-state index contributed by atoms with van der Waals surface area (Å²) in [4.78, 5) is 25.7. The summed E-state index contributed by atoms with van der Waals surface area (Å²) in [6.07, 6.45) is 2.97. The Morgan fingerprint density at radius 1 is 1.28 bits per heavy atom. The monoisotopic (exact) mass is 362 g/mol. The van der Waals surface area contributed by atoms with Crippen LogP contribution in [0.2, 0.25) is 5.02 Å². The number of ether oxygens (including phenoxy) is 1. The molecule has 2 amide bonds. The van der Waals surface area contributed by atoms with E-state index >= 15 is 0 Å². The standard InChI is InChI=1S/C17H19ClN4O3/c18-13-3-1-2-4-15(13)25-12-6-9-22(10-7-12)16(23)11-19-17(24)14-5-8-20-21-14/h1-5,8,12H,6-7,9-11H2,(H,19,24)(H,20,21). The first-order valence-electron chi connectivity index (χ1n) is 8.10. The molecule has 3 rings (SSSR count). The van der Waals surface area contributed by atoms with Gasteiger partial charge in [0.25, 0.3) is 5.91 Å². The number of likely N-dealkylation sites (tertiary alicyclic amines) is 1. The molecule has 0 unspecified atom stereocenters. The third kappa shape index (κ3) is 4.51. The first-order valence-corrected chi connectivity index (χ1v) is 8.48. The van der Waals surface area contributed by atoms with Crippen molar-refractivity contribution in [1.29, 1.82) is 0 Å². The van der Waals surface area contributed by atoms with Crippen LogP contribution in [0.15, 0.2) is 36.5 Å². The average Bonchev–Trinajstić information content (AvgIpc) is 3.17. The highest BCUT2D eigenvalue weighted by atomic mass is 35.5. The second kappa shape index (κ2) is 8.02. The predicted octanol–water partition coefficient (Wildman–Crippen LogP) is 1.86. The van der Waals surface area contributed by atoms with Crippen LogP contribution in [0.1, 0.15) is 23.3 Å². The molecule has 25 heavy (non-hydrogen) atoms. The molecule has 2 aromatic rings. The summed E-state index contributed by atoms with van der Waals surface area (Å²) in [6, 6.07) is 8.91. The van der Waals surface area contributed by atoms with Crippen LogP contribution in [0, 0.1) is 0 Å². The number of aromatic nitrogens is 2. The number of piperidine rings is 1. The molecule has 1 aliphatic heterocycles. The second-order valence-electron chi connectivity index (χ2n) is 5.78. The lowest BCUT2D eigenvalue weighted by Gasteiger charge is -2.32. The SMILES string of the molecule is O=C(NCC(=O)N1CCC(Oc2ccccc2Cl)CC1)c1ccn[nH]1. The number of rotatable bonds is 5. The van der Waals surface area contributed by atoms with Crippen molar-refractivity contribution in [1.82, 2.24) is 20.4 Å². The lowest BCUT2D eigenvalue weighted by Crippen LogP contribution is -2.46. The second-order valence-corrected chi connectivity index (χ2v) is 6.19. The first kappa shape index (κ1) is 17.3. The molecule has 7 nitrogen and oxygen atoms in total. The van der Waals surface area contributed by atoms with Gasteiger partial charge in [-0.3, -0.25) is 14.7 Å². The number of aromatic amines is 1. The van der Waals surface area contributed by atoms with Gasteiger partial charge in [0.05, 0.1) is 11.6 Å². The first-order chi connectivity index (χ1) is 12.1. The smallest absolute Gasteiger partial charge is 0.269 e. The van der Waals surface area contributed by atoms with Crippen LogP contribution in [0.25, 0.3) is 0 Å². The summed E-state index contributed by atoms with van der Waals surface area (Å²) in [6.45, 7) is 1.15. The molecule has 1 fully saturated rings. The maximum absolute atomic E-state index is 12.2. The highest BCUT2D eigenvalue weighted by molar-refractivity contribution is 6.32. The van der Waals surface area contributed by atoms with Crippen molar-refractivity contribution in [3.63, 3.8) is 0 Å². The summed E-state index contributed by atoms with van der Waals surface area (Å²) < 4.78 is 5.91. The average molecular weight is 363 g/mol. The third-order valence-corrected chi connectivity index (χ3v) is 4.38. The summed E-state index contributed by atoms with van der Waals surface area (Å²) in [5, 5.41) is 9.44. The van der Waals surface area contributed by atoms with Crippen molar-refractivity contribution in [2.75, 3.05) is 19.6 Å². The minimum Gasteiger partial charge on any atom is -0.489 e. The van der Waals surface area contributed by atoms with Gasteiger partial charge in [0.1, 0.15) is 17.5 Å². The lowest BCUT2D eigenvalue weighted by molar-refractivity contribution is -0.131. The fourth-order valence-electron chi connectivity index (χ4n) is 2.69. The number of halogens is 1. The number of amides is 2. The number of hydrogen-bond donors (Lipinski definition) is 2. The Bertz CT molecular complexity index is 727. The molecule has 0 saturated carbocycles. The number of carbonyl (C=O) groups excluding carboxylic acids is 2. The van der Waals surface area contributed by atoms with E-state index < -0.39 is 0 Å². The molecule has 0 spiro atoms. The van der Waals surface area contributed by atoms with Gasteiger partial charge in [-0.05, 0) is 18.2 Å². The number of nitrogens with zero attached hydrogens (tertiary/aromatic N) is 2. The van der Waals surface area contributed by atoms with Crippen LogP contribution in [-0.4, -0.2) is 52.6 Å². The Kier molecular flexibility index (Phi) is 5.55. The topological polar surface area (TPSA) is 87.3 Å². The quantitative estimate of drug-likeness (QED) is 0.850. The van der Waals surface area contributed by atoms with Crippen molar-refractivity contribution in [3.05, 3.63) is 47.2 Å². The molecule has 8 heteroatoms. The molecule has 0 radical (unpaired) electrons. The van der Waals surface area contributed by atoms with Gasteiger partial charge in [0.2, 0.25) is 5.91 Å². The Hall–Kier alpha value is -2.54. The molecule has 1 aliphatic rings. The zero-order valence-electron chi connectivity index (χ0n) is 13.6. The molecule has 0 aliphatic carbocycles. The fraction of sp³-hybridized carbons (Fsp3) is 0.353. The minimum atomic E-state index is -0.345. The van der Waals surface area contributed by atoms with Crippen LogP contribution >= 0.6 is 11.6 Å². The molecule has 132 valence electrons. The van der Waals surface area contributed by atoms with Crippen molar-refractivity contribution in [2.45, 2.75) is 18.9 Å². The van der Waals surface area contributed by atoms with Gasteiger partial charge >= 0.3 is 0 Å². The van der Waals surface area contributed by atoms with Gasteiger partial charge in [0.15, 0.2) is 0 Å². The molecule has 0 atom stereocenters. The van der Waals surface area contributed by atoms with E-state index in [2.05, 4.69) is 15.5 Å². The summed E-state index contributed by atoms with van der Waals surface area (Å²) >= 11 is 6.10. The number of nitrogens with one attached hydrogen (secondary N) is 2. The van der Waals surface area contributed by atoms with Crippen LogP contribution in [0.5, 0.6) is 5.75 Å². The molecular weight excluding hydrogens is 344 g/mol. The summed E-state index contributed by atoms with van der Waals surface area (Å²) in [7, 11) is 0. The molecule has 2 N–H and O–H groups in total. The van der Waals surface area contributed by atoms with E-state index in [1.165, 1.54) is 6.20 Å². The van der Waals surface area contributed by atoms with E-state index in [9.17, 15) is 9.59 Å². The molecule has 1 saturated heterocycles. The summed E-state index contributed by atoms with van der Waals surface area (Å²) in [5.74, 6) is 0.215. The normalized spacial score (nSPS) is 15.0. The van der Waals surface area contributed by atoms with Crippen molar-refractivity contribution >= 4 is 23.4 Å². The van der Waals surface area contributed by atoms with Gasteiger partial charge < -0.3 is 15.0 Å². The highest BCUT2D eigenvalue weighted by Gasteiger charge is 2.24. The highest BCUT2D eigenvalue weighted by Crippen LogP contribution is 2.26. The molecular formula is C17H19ClN4O3. The fourth-order valence-corrected chi connectivity index (χ4v) is 2.87. The van der Waals surface area contributed by atoms with Gasteiger partial charge in [-0.25, -0.2) is 0 Å². The summed E-state index contributed by atoms with van der Waals surface area (Å²) in [5.41, 5.74) is 0.333. The Balaban J connectivity index is 1.43. The maximum atomic E-state index is 12.2. The maximum Gasteiger partial charge on any atom is 0.269 e. The number of benzene rings is 1. The number of para-hydroxylation sites is 1. The van der Waals surface area contributed by atoms with Crippen LogP contribution in [0.3, 0.4) is 0 Å². The molecule has 1 aromatic carbocycles. The Morgan fingerprint density at radius 3 is 2.72 bits per heavy atom. The zero-order valence-corrected chi connectivity index (χ0v) is 14.3. The molecule has 2 heterocycles. The van der Waals surface area contributed by atoms with E-state index in [1.54, 1.807) is 17.0 Å². The predicted molar refractivity (Wildman–Crippen MR) is 92.6 cm³/mol. The third-order valence-electron chi connectivity index (χ3n) is 4.07. The van der Waals surface area contributed by atoms with Gasteiger partial charge in [-0.15, -0.1) is 0 Å². The van der Waals surface area contributed by atoms with E-state index in [-0.39, 0.29) is 24.5 Å². The van der Waals surface area contributed by atoms with E-state index in [1.807, 2.05) is 18.2 Å². The number of carbonyl (C=O) groups is 2. The lowest BCUT2D eigenvalue weighted by atomic mass is 10.1. The van der Waals surface area contributed by atoms with E-state index in [0.29, 0.717) is 29.6 Å². The van der Waals surface area contributed by atoms with E-state index in [4.69, 9.17) is 16.3 Å². The minimum absolute atomic E-state index is 0.0311. The molecule has 0 bridgehead atoms. The van der Waals surface area contributed by atoms with Crippen molar-refractivity contribution in [2.24, 2.45) is 0 Å². The van der Waals surface area contributed by atoms with Gasteiger partial charge in [-0.1, -0.05) is 23.7 Å². The largest absolute Gasteiger partial charge is 0.489 e. The Morgan fingerprint density at radius 2 is 2.04 bits per heavy atom. The van der Waals surface area contributed by atoms with Crippen LogP contribution < -0.4 is 10.1 Å². The number of H-pyrrole nitrogens is 1. The Labute approximate surface area is 150 Å².